The first-order valence-electron chi connectivity index (χ1n) is 5.33. The molecule has 5 heteroatoms. The Morgan fingerprint density at radius 2 is 2.18 bits per heavy atom. The highest BCUT2D eigenvalue weighted by molar-refractivity contribution is 5.94. The van der Waals surface area contributed by atoms with Crippen LogP contribution >= 0.6 is 0 Å². The third-order valence-corrected chi connectivity index (χ3v) is 2.20. The highest BCUT2D eigenvalue weighted by Crippen LogP contribution is 2.15. The van der Waals surface area contributed by atoms with Crippen molar-refractivity contribution >= 4 is 11.6 Å². The second-order valence-electron chi connectivity index (χ2n) is 3.48. The zero-order valence-electron chi connectivity index (χ0n) is 9.64. The minimum atomic E-state index is -0.496. The molecule has 5 nitrogen and oxygen atoms in total. The van der Waals surface area contributed by atoms with Crippen molar-refractivity contribution in [1.29, 1.82) is 5.26 Å². The Balaban J connectivity index is 2.57. The number of rotatable bonds is 5. The standard InChI is InChI=1S/C12H15N3O2/c1-2-11(14)12(16)15-9-3-5-10(6-4-9)17-8-7-13/h3-6,11H,2,8,14H2,1H3,(H,15,16)/t11-/m0/s1. The van der Waals surface area contributed by atoms with E-state index in [1.807, 2.05) is 13.0 Å². The van der Waals surface area contributed by atoms with Crippen molar-refractivity contribution in [1.82, 2.24) is 0 Å². The van der Waals surface area contributed by atoms with Gasteiger partial charge in [0.05, 0.1) is 6.04 Å². The summed E-state index contributed by atoms with van der Waals surface area (Å²) < 4.78 is 5.09. The third kappa shape index (κ3) is 4.13. The molecule has 0 unspecified atom stereocenters. The summed E-state index contributed by atoms with van der Waals surface area (Å²) in [6.07, 6.45) is 0.592. The monoisotopic (exact) mass is 233 g/mol. The molecule has 0 radical (unpaired) electrons. The van der Waals surface area contributed by atoms with E-state index in [-0.39, 0.29) is 12.5 Å². The lowest BCUT2D eigenvalue weighted by Crippen LogP contribution is -2.34. The summed E-state index contributed by atoms with van der Waals surface area (Å²) >= 11 is 0. The number of carbonyl (C=O) groups is 1. The van der Waals surface area contributed by atoms with Gasteiger partial charge < -0.3 is 15.8 Å². The minimum absolute atomic E-state index is 0.00636. The summed E-state index contributed by atoms with van der Waals surface area (Å²) in [6.45, 7) is 1.86. The normalized spacial score (nSPS) is 11.4. The van der Waals surface area contributed by atoms with E-state index in [1.54, 1.807) is 24.3 Å². The van der Waals surface area contributed by atoms with E-state index < -0.39 is 6.04 Å². The third-order valence-electron chi connectivity index (χ3n) is 2.20. The van der Waals surface area contributed by atoms with Gasteiger partial charge in [-0.15, -0.1) is 0 Å². The Kier molecular flexibility index (Phi) is 4.98. The molecule has 0 spiro atoms. The molecule has 90 valence electrons. The lowest BCUT2D eigenvalue weighted by atomic mass is 10.2. The van der Waals surface area contributed by atoms with Crippen LogP contribution in [0.2, 0.25) is 0 Å². The van der Waals surface area contributed by atoms with Gasteiger partial charge in [-0.1, -0.05) is 6.92 Å². The van der Waals surface area contributed by atoms with Crippen LogP contribution in [0.3, 0.4) is 0 Å². The lowest BCUT2D eigenvalue weighted by Gasteiger charge is -2.10. The SMILES string of the molecule is CC[C@H](N)C(=O)Nc1ccc(OCC#N)cc1. The molecule has 0 fully saturated rings. The second-order valence-corrected chi connectivity index (χ2v) is 3.48. The summed E-state index contributed by atoms with van der Waals surface area (Å²) in [6, 6.07) is 8.15. The van der Waals surface area contributed by atoms with Crippen molar-refractivity contribution in [3.63, 3.8) is 0 Å². The molecule has 0 aromatic heterocycles. The van der Waals surface area contributed by atoms with Gasteiger partial charge in [0.2, 0.25) is 5.91 Å². The maximum Gasteiger partial charge on any atom is 0.241 e. The van der Waals surface area contributed by atoms with Crippen LogP contribution in [0.5, 0.6) is 5.75 Å². The van der Waals surface area contributed by atoms with E-state index in [2.05, 4.69) is 5.32 Å². The average molecular weight is 233 g/mol. The zero-order valence-corrected chi connectivity index (χ0v) is 9.64. The number of hydrogen-bond acceptors (Lipinski definition) is 4. The van der Waals surface area contributed by atoms with Gasteiger partial charge in [-0.05, 0) is 30.7 Å². The zero-order chi connectivity index (χ0) is 12.7. The molecule has 0 heterocycles. The molecule has 1 amide bonds. The predicted octanol–water partition coefficient (Wildman–Crippen LogP) is 1.26. The number of nitrogens with two attached hydrogens (primary N) is 1. The van der Waals surface area contributed by atoms with Gasteiger partial charge in [-0.25, -0.2) is 0 Å². The smallest absolute Gasteiger partial charge is 0.241 e. The van der Waals surface area contributed by atoms with Crippen LogP contribution in [-0.4, -0.2) is 18.6 Å². The van der Waals surface area contributed by atoms with Crippen molar-refractivity contribution in [2.45, 2.75) is 19.4 Å². The fourth-order valence-electron chi connectivity index (χ4n) is 1.17. The summed E-state index contributed by atoms with van der Waals surface area (Å²) in [5, 5.41) is 11.0. The number of hydrogen-bond donors (Lipinski definition) is 2. The van der Waals surface area contributed by atoms with Crippen molar-refractivity contribution in [2.75, 3.05) is 11.9 Å². The van der Waals surface area contributed by atoms with Crippen LogP contribution < -0.4 is 15.8 Å². The van der Waals surface area contributed by atoms with E-state index in [4.69, 9.17) is 15.7 Å². The first-order chi connectivity index (χ1) is 8.17. The topological polar surface area (TPSA) is 88.1 Å². The largest absolute Gasteiger partial charge is 0.479 e. The van der Waals surface area contributed by atoms with Crippen molar-refractivity contribution in [3.05, 3.63) is 24.3 Å². The van der Waals surface area contributed by atoms with Crippen molar-refractivity contribution in [3.8, 4) is 11.8 Å². The second kappa shape index (κ2) is 6.51. The fourth-order valence-corrected chi connectivity index (χ4v) is 1.17. The van der Waals surface area contributed by atoms with E-state index in [9.17, 15) is 4.79 Å². The highest BCUT2D eigenvalue weighted by atomic mass is 16.5. The molecule has 0 saturated carbocycles. The van der Waals surface area contributed by atoms with E-state index in [0.29, 0.717) is 17.9 Å². The van der Waals surface area contributed by atoms with Crippen LogP contribution in [-0.2, 0) is 4.79 Å². The number of benzene rings is 1. The number of ether oxygens (including phenoxy) is 1. The van der Waals surface area contributed by atoms with Crippen molar-refractivity contribution < 1.29 is 9.53 Å². The van der Waals surface area contributed by atoms with Crippen LogP contribution in [0.4, 0.5) is 5.69 Å². The van der Waals surface area contributed by atoms with Crippen LogP contribution in [0.15, 0.2) is 24.3 Å². The number of carbonyl (C=O) groups excluding carboxylic acids is 1. The minimum Gasteiger partial charge on any atom is -0.479 e. The van der Waals surface area contributed by atoms with E-state index >= 15 is 0 Å². The lowest BCUT2D eigenvalue weighted by molar-refractivity contribution is -0.117. The molecule has 17 heavy (non-hydrogen) atoms. The van der Waals surface area contributed by atoms with Gasteiger partial charge in [-0.3, -0.25) is 4.79 Å². The molecule has 3 N–H and O–H groups in total. The van der Waals surface area contributed by atoms with Gasteiger partial charge in [0, 0.05) is 5.69 Å². The predicted molar refractivity (Wildman–Crippen MR) is 64.4 cm³/mol. The Bertz CT molecular complexity index is 409. The maximum absolute atomic E-state index is 11.5. The number of nitrogens with zero attached hydrogens (tertiary/aromatic N) is 1. The van der Waals surface area contributed by atoms with Gasteiger partial charge in [0.1, 0.15) is 11.8 Å². The van der Waals surface area contributed by atoms with Gasteiger partial charge in [0.25, 0.3) is 0 Å². The molecule has 1 atom stereocenters. The highest BCUT2D eigenvalue weighted by Gasteiger charge is 2.10. The van der Waals surface area contributed by atoms with Gasteiger partial charge >= 0.3 is 0 Å². The van der Waals surface area contributed by atoms with E-state index in [0.717, 1.165) is 0 Å². The van der Waals surface area contributed by atoms with Crippen LogP contribution in [0.1, 0.15) is 13.3 Å². The van der Waals surface area contributed by atoms with E-state index in [1.165, 1.54) is 0 Å². The summed E-state index contributed by atoms with van der Waals surface area (Å²) in [5.74, 6) is 0.377. The molecular formula is C12H15N3O2. The number of anilines is 1. The first-order valence-corrected chi connectivity index (χ1v) is 5.33. The molecule has 0 aliphatic heterocycles. The summed E-state index contributed by atoms with van der Waals surface area (Å²) in [7, 11) is 0. The number of nitriles is 1. The molecule has 0 bridgehead atoms. The maximum atomic E-state index is 11.5. The molecule has 1 aromatic carbocycles. The van der Waals surface area contributed by atoms with Crippen molar-refractivity contribution in [2.24, 2.45) is 5.73 Å². The fraction of sp³-hybridized carbons (Fsp3) is 0.333. The molecule has 0 saturated heterocycles. The summed E-state index contributed by atoms with van der Waals surface area (Å²) in [4.78, 5) is 11.5. The van der Waals surface area contributed by atoms with Gasteiger partial charge in [0.15, 0.2) is 6.61 Å². The Labute approximate surface area is 100 Å². The molecule has 0 aliphatic carbocycles. The van der Waals surface area contributed by atoms with Crippen LogP contribution in [0, 0.1) is 11.3 Å². The molecular weight excluding hydrogens is 218 g/mol. The quantitative estimate of drug-likeness (QED) is 0.801. The number of amides is 1. The Hall–Kier alpha value is -2.06. The Morgan fingerprint density at radius 3 is 2.71 bits per heavy atom. The summed E-state index contributed by atoms with van der Waals surface area (Å²) in [5.41, 5.74) is 6.24. The van der Waals surface area contributed by atoms with Crippen LogP contribution in [0.25, 0.3) is 0 Å². The Morgan fingerprint density at radius 1 is 1.53 bits per heavy atom. The molecule has 1 rings (SSSR count). The first kappa shape index (κ1) is 13.0. The number of nitrogens with one attached hydrogen (secondary N) is 1. The molecule has 1 aromatic rings. The average Bonchev–Trinajstić information content (AvgIpc) is 2.37. The van der Waals surface area contributed by atoms with Gasteiger partial charge in [-0.2, -0.15) is 5.26 Å². The molecule has 0 aliphatic rings.